The number of piperidine rings is 1. The lowest BCUT2D eigenvalue weighted by molar-refractivity contribution is -0.132. The minimum Gasteiger partial charge on any atom is -0.462 e. The number of hydrogen-bond acceptors (Lipinski definition) is 4. The molecule has 1 aliphatic rings. The van der Waals surface area contributed by atoms with Crippen LogP contribution < -0.4 is 4.90 Å². The summed E-state index contributed by atoms with van der Waals surface area (Å²) in [5.74, 6) is 0.244. The number of carbonyl (C=O) groups is 3. The minimum atomic E-state index is -0.386. The minimum absolute atomic E-state index is 0.0892. The van der Waals surface area contributed by atoms with E-state index in [4.69, 9.17) is 4.74 Å². The number of nitrogens with zero attached hydrogens (tertiary/aromatic N) is 2. The van der Waals surface area contributed by atoms with Crippen molar-refractivity contribution in [2.75, 3.05) is 31.1 Å². The first-order chi connectivity index (χ1) is 12.4. The number of hydrogen-bond donors (Lipinski definition) is 0. The molecule has 2 rings (SSSR count). The standard InChI is InChI=1S/C20H28N2O4/c1-4-26-20(25)17-5-7-18(8-6-17)22(16(3)23)14-11-19(24)21-12-9-15(2)10-13-21/h5-8,15H,4,9-14H2,1-3H3. The van der Waals surface area contributed by atoms with Gasteiger partial charge in [-0.2, -0.15) is 0 Å². The zero-order chi connectivity index (χ0) is 19.1. The smallest absolute Gasteiger partial charge is 0.338 e. The zero-order valence-corrected chi connectivity index (χ0v) is 15.9. The van der Waals surface area contributed by atoms with Gasteiger partial charge in [0.1, 0.15) is 0 Å². The van der Waals surface area contributed by atoms with Crippen LogP contribution in [0, 0.1) is 5.92 Å². The molecule has 0 radical (unpaired) electrons. The summed E-state index contributed by atoms with van der Waals surface area (Å²) in [6.07, 6.45) is 2.38. The zero-order valence-electron chi connectivity index (χ0n) is 15.9. The molecule has 0 aliphatic carbocycles. The Morgan fingerprint density at radius 2 is 1.77 bits per heavy atom. The molecule has 1 heterocycles. The molecule has 0 spiro atoms. The molecule has 1 fully saturated rings. The van der Waals surface area contributed by atoms with E-state index in [1.54, 1.807) is 36.1 Å². The number of esters is 1. The summed E-state index contributed by atoms with van der Waals surface area (Å²) in [6, 6.07) is 6.69. The maximum Gasteiger partial charge on any atom is 0.338 e. The predicted molar refractivity (Wildman–Crippen MR) is 100 cm³/mol. The third kappa shape index (κ3) is 5.31. The molecule has 0 N–H and O–H groups in total. The van der Waals surface area contributed by atoms with E-state index in [1.165, 1.54) is 6.92 Å². The van der Waals surface area contributed by atoms with Gasteiger partial charge >= 0.3 is 5.97 Å². The Bertz CT molecular complexity index is 634. The van der Waals surface area contributed by atoms with Gasteiger partial charge in [-0.05, 0) is 49.9 Å². The molecule has 1 saturated heterocycles. The Hall–Kier alpha value is -2.37. The van der Waals surface area contributed by atoms with Crippen LogP contribution in [0.3, 0.4) is 0 Å². The topological polar surface area (TPSA) is 66.9 Å². The average molecular weight is 360 g/mol. The van der Waals surface area contributed by atoms with Gasteiger partial charge in [0.25, 0.3) is 0 Å². The van der Waals surface area contributed by atoms with E-state index < -0.39 is 0 Å². The number of likely N-dealkylation sites (tertiary alicyclic amines) is 1. The molecule has 6 heteroatoms. The van der Waals surface area contributed by atoms with Crippen molar-refractivity contribution in [1.29, 1.82) is 0 Å². The number of anilines is 1. The third-order valence-corrected chi connectivity index (χ3v) is 4.76. The molecule has 26 heavy (non-hydrogen) atoms. The van der Waals surface area contributed by atoms with E-state index in [0.717, 1.165) is 25.9 Å². The molecule has 1 aromatic rings. The molecule has 1 aromatic carbocycles. The van der Waals surface area contributed by atoms with Crippen LogP contribution in [0.2, 0.25) is 0 Å². The summed E-state index contributed by atoms with van der Waals surface area (Å²) in [6.45, 7) is 7.69. The van der Waals surface area contributed by atoms with Gasteiger partial charge < -0.3 is 14.5 Å². The second kappa shape index (κ2) is 9.36. The Kier molecular flexibility index (Phi) is 7.18. The number of carbonyl (C=O) groups excluding carboxylic acids is 3. The molecular weight excluding hydrogens is 332 g/mol. The Morgan fingerprint density at radius 3 is 2.31 bits per heavy atom. The highest BCUT2D eigenvalue weighted by atomic mass is 16.5. The molecular formula is C20H28N2O4. The van der Waals surface area contributed by atoms with Crippen LogP contribution in [0.15, 0.2) is 24.3 Å². The van der Waals surface area contributed by atoms with Crippen molar-refractivity contribution in [3.63, 3.8) is 0 Å². The van der Waals surface area contributed by atoms with Gasteiger partial charge in [-0.3, -0.25) is 9.59 Å². The monoisotopic (exact) mass is 360 g/mol. The lowest BCUT2D eigenvalue weighted by Crippen LogP contribution is -2.40. The number of benzene rings is 1. The van der Waals surface area contributed by atoms with Crippen LogP contribution in [-0.4, -0.2) is 48.9 Å². The van der Waals surface area contributed by atoms with Crippen LogP contribution >= 0.6 is 0 Å². The van der Waals surface area contributed by atoms with Crippen LogP contribution in [0.25, 0.3) is 0 Å². The van der Waals surface area contributed by atoms with Gasteiger partial charge in [-0.1, -0.05) is 6.92 Å². The van der Waals surface area contributed by atoms with Gasteiger partial charge in [0.05, 0.1) is 12.2 Å². The molecule has 6 nitrogen and oxygen atoms in total. The van der Waals surface area contributed by atoms with Crippen molar-refractivity contribution in [3.05, 3.63) is 29.8 Å². The lowest BCUT2D eigenvalue weighted by Gasteiger charge is -2.31. The second-order valence-electron chi connectivity index (χ2n) is 6.75. The molecule has 0 unspecified atom stereocenters. The molecule has 1 aliphatic heterocycles. The lowest BCUT2D eigenvalue weighted by atomic mass is 9.99. The maximum atomic E-state index is 12.4. The number of ether oxygens (including phenoxy) is 1. The van der Waals surface area contributed by atoms with Gasteiger partial charge in [0.2, 0.25) is 11.8 Å². The van der Waals surface area contributed by atoms with Crippen LogP contribution in [-0.2, 0) is 14.3 Å². The summed E-state index contributed by atoms with van der Waals surface area (Å²) >= 11 is 0. The third-order valence-electron chi connectivity index (χ3n) is 4.76. The van der Waals surface area contributed by atoms with Crippen molar-refractivity contribution in [2.45, 2.75) is 40.0 Å². The van der Waals surface area contributed by atoms with Crippen LogP contribution in [0.4, 0.5) is 5.69 Å². The van der Waals surface area contributed by atoms with Crippen LogP contribution in [0.5, 0.6) is 0 Å². The van der Waals surface area contributed by atoms with Gasteiger partial charge in [0.15, 0.2) is 0 Å². The highest BCUT2D eigenvalue weighted by Crippen LogP contribution is 2.19. The number of amides is 2. The molecule has 2 amide bonds. The summed E-state index contributed by atoms with van der Waals surface area (Å²) in [5, 5.41) is 0. The summed E-state index contributed by atoms with van der Waals surface area (Å²) in [7, 11) is 0. The van der Waals surface area contributed by atoms with Crippen molar-refractivity contribution in [2.24, 2.45) is 5.92 Å². The van der Waals surface area contributed by atoms with Gasteiger partial charge in [0, 0.05) is 38.7 Å². The number of rotatable bonds is 6. The summed E-state index contributed by atoms with van der Waals surface area (Å²) in [5.41, 5.74) is 1.11. The summed E-state index contributed by atoms with van der Waals surface area (Å²) < 4.78 is 4.96. The van der Waals surface area contributed by atoms with E-state index in [2.05, 4.69) is 6.92 Å². The van der Waals surface area contributed by atoms with Gasteiger partial charge in [-0.15, -0.1) is 0 Å². The highest BCUT2D eigenvalue weighted by molar-refractivity contribution is 5.94. The fourth-order valence-electron chi connectivity index (χ4n) is 3.08. The van der Waals surface area contributed by atoms with Crippen molar-refractivity contribution < 1.29 is 19.1 Å². The highest BCUT2D eigenvalue weighted by Gasteiger charge is 2.21. The first-order valence-corrected chi connectivity index (χ1v) is 9.25. The fourth-order valence-corrected chi connectivity index (χ4v) is 3.08. The normalized spacial score (nSPS) is 14.8. The maximum absolute atomic E-state index is 12.4. The molecule has 0 saturated carbocycles. The Morgan fingerprint density at radius 1 is 1.15 bits per heavy atom. The predicted octanol–water partition coefficient (Wildman–Crippen LogP) is 2.86. The Balaban J connectivity index is 1.97. The first-order valence-electron chi connectivity index (χ1n) is 9.25. The first kappa shape index (κ1) is 19.9. The summed E-state index contributed by atoms with van der Waals surface area (Å²) in [4.78, 5) is 39.6. The largest absolute Gasteiger partial charge is 0.462 e. The van der Waals surface area contributed by atoms with E-state index >= 15 is 0 Å². The second-order valence-corrected chi connectivity index (χ2v) is 6.75. The van der Waals surface area contributed by atoms with Crippen molar-refractivity contribution >= 4 is 23.5 Å². The van der Waals surface area contributed by atoms with E-state index in [-0.39, 0.29) is 17.8 Å². The van der Waals surface area contributed by atoms with Crippen LogP contribution in [0.1, 0.15) is 50.4 Å². The molecule has 0 bridgehead atoms. The molecule has 0 atom stereocenters. The molecule has 142 valence electrons. The fraction of sp³-hybridized carbons (Fsp3) is 0.550. The molecule has 0 aromatic heterocycles. The van der Waals surface area contributed by atoms with E-state index in [0.29, 0.717) is 36.7 Å². The van der Waals surface area contributed by atoms with Crippen molar-refractivity contribution in [3.8, 4) is 0 Å². The Labute approximate surface area is 155 Å². The quantitative estimate of drug-likeness (QED) is 0.732. The van der Waals surface area contributed by atoms with E-state index in [9.17, 15) is 14.4 Å². The van der Waals surface area contributed by atoms with Gasteiger partial charge in [-0.25, -0.2) is 4.79 Å². The van der Waals surface area contributed by atoms with E-state index in [1.807, 2.05) is 4.90 Å². The van der Waals surface area contributed by atoms with Crippen molar-refractivity contribution in [1.82, 2.24) is 4.90 Å². The average Bonchev–Trinajstić information content (AvgIpc) is 2.62. The SMILES string of the molecule is CCOC(=O)c1ccc(N(CCC(=O)N2CCC(C)CC2)C(C)=O)cc1.